The maximum atomic E-state index is 12.5. The predicted octanol–water partition coefficient (Wildman–Crippen LogP) is 2.74. The molecular weight excluding hydrogens is 340 g/mol. The Morgan fingerprint density at radius 2 is 2.00 bits per heavy atom. The number of benzene rings is 1. The highest BCUT2D eigenvalue weighted by Crippen LogP contribution is 2.20. The first-order valence-corrected chi connectivity index (χ1v) is 9.87. The fraction of sp³-hybridized carbons (Fsp3) is 0.389. The van der Waals surface area contributed by atoms with Crippen LogP contribution in [0.5, 0.6) is 0 Å². The van der Waals surface area contributed by atoms with E-state index in [-0.39, 0.29) is 23.4 Å². The molecule has 1 saturated carbocycles. The van der Waals surface area contributed by atoms with Crippen LogP contribution in [-0.2, 0) is 16.6 Å². The summed E-state index contributed by atoms with van der Waals surface area (Å²) in [4.78, 5) is 12.6. The van der Waals surface area contributed by atoms with E-state index in [2.05, 4.69) is 10.0 Å². The van der Waals surface area contributed by atoms with Crippen molar-refractivity contribution in [3.63, 3.8) is 0 Å². The molecule has 0 unspecified atom stereocenters. The Morgan fingerprint density at radius 3 is 2.68 bits per heavy atom. The first-order valence-electron chi connectivity index (χ1n) is 8.39. The Morgan fingerprint density at radius 1 is 1.24 bits per heavy atom. The van der Waals surface area contributed by atoms with Crippen LogP contribution in [0.4, 0.5) is 0 Å². The highest BCUT2D eigenvalue weighted by atomic mass is 32.2. The van der Waals surface area contributed by atoms with E-state index in [1.165, 1.54) is 18.4 Å². The monoisotopic (exact) mass is 362 g/mol. The molecule has 0 aliphatic heterocycles. The van der Waals surface area contributed by atoms with Crippen LogP contribution < -0.4 is 10.0 Å². The first-order chi connectivity index (χ1) is 12.0. The van der Waals surface area contributed by atoms with Gasteiger partial charge in [0, 0.05) is 11.6 Å². The molecule has 0 spiro atoms. The van der Waals surface area contributed by atoms with Crippen molar-refractivity contribution in [1.82, 2.24) is 10.0 Å². The fourth-order valence-corrected chi connectivity index (χ4v) is 4.03. The third kappa shape index (κ3) is 4.29. The molecule has 1 amide bonds. The van der Waals surface area contributed by atoms with Crippen LogP contribution in [-0.4, -0.2) is 20.4 Å². The van der Waals surface area contributed by atoms with Gasteiger partial charge in [0.15, 0.2) is 0 Å². The number of carbonyl (C=O) groups excluding carboxylic acids is 1. The molecule has 0 saturated heterocycles. The van der Waals surface area contributed by atoms with Gasteiger partial charge in [0.25, 0.3) is 5.91 Å². The second-order valence-electron chi connectivity index (χ2n) is 6.34. The number of hydrogen-bond acceptors (Lipinski definition) is 4. The topological polar surface area (TPSA) is 88.4 Å². The zero-order valence-electron chi connectivity index (χ0n) is 14.1. The van der Waals surface area contributed by atoms with Crippen LogP contribution in [0.25, 0.3) is 0 Å². The van der Waals surface area contributed by atoms with Crippen molar-refractivity contribution < 1.29 is 17.6 Å². The van der Waals surface area contributed by atoms with E-state index in [0.717, 1.165) is 31.2 Å². The molecule has 2 aromatic rings. The Labute approximate surface area is 147 Å². The summed E-state index contributed by atoms with van der Waals surface area (Å²) in [7, 11) is -3.73. The number of furan rings is 1. The van der Waals surface area contributed by atoms with Gasteiger partial charge in [-0.1, -0.05) is 18.9 Å². The Bertz CT molecular complexity index is 838. The van der Waals surface area contributed by atoms with Crippen LogP contribution in [0, 0.1) is 6.92 Å². The fourth-order valence-electron chi connectivity index (χ4n) is 3.01. The lowest BCUT2D eigenvalue weighted by Gasteiger charge is -2.14. The van der Waals surface area contributed by atoms with Crippen molar-refractivity contribution in [1.29, 1.82) is 0 Å². The van der Waals surface area contributed by atoms with E-state index < -0.39 is 10.0 Å². The average molecular weight is 362 g/mol. The Kier molecular flexibility index (Phi) is 5.24. The summed E-state index contributed by atoms with van der Waals surface area (Å²) in [5.41, 5.74) is 1.15. The largest absolute Gasteiger partial charge is 0.468 e. The van der Waals surface area contributed by atoms with Gasteiger partial charge in [-0.2, -0.15) is 0 Å². The van der Waals surface area contributed by atoms with E-state index in [4.69, 9.17) is 4.42 Å². The van der Waals surface area contributed by atoms with Crippen molar-refractivity contribution in [2.75, 3.05) is 0 Å². The van der Waals surface area contributed by atoms with Crippen LogP contribution in [0.2, 0.25) is 0 Å². The number of rotatable bonds is 6. The molecule has 1 aliphatic rings. The normalized spacial score (nSPS) is 15.4. The van der Waals surface area contributed by atoms with Gasteiger partial charge in [0.05, 0.1) is 17.7 Å². The van der Waals surface area contributed by atoms with Gasteiger partial charge < -0.3 is 9.73 Å². The molecular formula is C18H22N2O4S. The van der Waals surface area contributed by atoms with Gasteiger partial charge in [-0.15, -0.1) is 0 Å². The number of amides is 1. The maximum Gasteiger partial charge on any atom is 0.251 e. The van der Waals surface area contributed by atoms with Gasteiger partial charge >= 0.3 is 0 Å². The maximum absolute atomic E-state index is 12.5. The molecule has 2 N–H and O–H groups in total. The summed E-state index contributed by atoms with van der Waals surface area (Å²) in [5.74, 6) is 0.308. The average Bonchev–Trinajstić information content (AvgIpc) is 3.26. The smallest absolute Gasteiger partial charge is 0.251 e. The number of aryl methyl sites for hydroxylation is 1. The summed E-state index contributed by atoms with van der Waals surface area (Å²) in [6, 6.07) is 8.17. The number of carbonyl (C=O) groups is 1. The lowest BCUT2D eigenvalue weighted by molar-refractivity contribution is 0.0937. The van der Waals surface area contributed by atoms with E-state index in [1.807, 2.05) is 0 Å². The molecule has 1 heterocycles. The SMILES string of the molecule is Cc1ccc(S(=O)(=O)NCc2ccco2)cc1C(=O)NC1CCCC1. The second kappa shape index (κ2) is 7.41. The van der Waals surface area contributed by atoms with Crippen molar-refractivity contribution in [3.8, 4) is 0 Å². The molecule has 0 bridgehead atoms. The second-order valence-corrected chi connectivity index (χ2v) is 8.10. The van der Waals surface area contributed by atoms with Gasteiger partial charge in [-0.3, -0.25) is 4.79 Å². The zero-order valence-corrected chi connectivity index (χ0v) is 14.9. The van der Waals surface area contributed by atoms with Gasteiger partial charge in [0.2, 0.25) is 10.0 Å². The molecule has 1 aromatic heterocycles. The lowest BCUT2D eigenvalue weighted by atomic mass is 10.1. The lowest BCUT2D eigenvalue weighted by Crippen LogP contribution is -2.33. The van der Waals surface area contributed by atoms with Crippen LogP contribution >= 0.6 is 0 Å². The third-order valence-corrected chi connectivity index (χ3v) is 5.87. The van der Waals surface area contributed by atoms with Crippen molar-refractivity contribution in [3.05, 3.63) is 53.5 Å². The van der Waals surface area contributed by atoms with Crippen LogP contribution in [0.1, 0.15) is 47.4 Å². The summed E-state index contributed by atoms with van der Waals surface area (Å²) in [6.45, 7) is 1.86. The molecule has 6 nitrogen and oxygen atoms in total. The van der Waals surface area contributed by atoms with Crippen molar-refractivity contribution >= 4 is 15.9 Å². The van der Waals surface area contributed by atoms with Crippen LogP contribution in [0.3, 0.4) is 0 Å². The quantitative estimate of drug-likeness (QED) is 0.827. The zero-order chi connectivity index (χ0) is 17.9. The van der Waals surface area contributed by atoms with Gasteiger partial charge in [0.1, 0.15) is 5.76 Å². The Hall–Kier alpha value is -2.12. The molecule has 1 aromatic carbocycles. The first kappa shape index (κ1) is 17.7. The molecule has 134 valence electrons. The van der Waals surface area contributed by atoms with Crippen molar-refractivity contribution in [2.24, 2.45) is 0 Å². The highest BCUT2D eigenvalue weighted by Gasteiger charge is 2.21. The number of nitrogens with one attached hydrogen (secondary N) is 2. The minimum Gasteiger partial charge on any atom is -0.468 e. The predicted molar refractivity (Wildman–Crippen MR) is 93.6 cm³/mol. The summed E-state index contributed by atoms with van der Waals surface area (Å²) in [6.07, 6.45) is 5.69. The van der Waals surface area contributed by atoms with E-state index in [0.29, 0.717) is 11.3 Å². The molecule has 0 atom stereocenters. The standard InChI is InChI=1S/C18H22N2O4S/c1-13-8-9-16(25(22,23)19-12-15-7-4-10-24-15)11-17(13)18(21)20-14-5-2-3-6-14/h4,7-11,14,19H,2-3,5-6,12H2,1H3,(H,20,21). The van der Waals surface area contributed by atoms with Crippen molar-refractivity contribution in [2.45, 2.75) is 50.1 Å². The Balaban J connectivity index is 1.76. The third-order valence-electron chi connectivity index (χ3n) is 4.47. The molecule has 3 rings (SSSR count). The molecule has 7 heteroatoms. The molecule has 1 fully saturated rings. The molecule has 0 radical (unpaired) electrons. The minimum atomic E-state index is -3.73. The van der Waals surface area contributed by atoms with Gasteiger partial charge in [-0.05, 0) is 49.6 Å². The summed E-state index contributed by atoms with van der Waals surface area (Å²) in [5, 5.41) is 3.00. The van der Waals surface area contributed by atoms with Crippen LogP contribution in [0.15, 0.2) is 45.9 Å². The number of sulfonamides is 1. The summed E-state index contributed by atoms with van der Waals surface area (Å²) >= 11 is 0. The minimum absolute atomic E-state index is 0.0623. The molecule has 25 heavy (non-hydrogen) atoms. The highest BCUT2D eigenvalue weighted by molar-refractivity contribution is 7.89. The summed E-state index contributed by atoms with van der Waals surface area (Å²) < 4.78 is 32.6. The number of hydrogen-bond donors (Lipinski definition) is 2. The molecule has 1 aliphatic carbocycles. The van der Waals surface area contributed by atoms with E-state index >= 15 is 0 Å². The van der Waals surface area contributed by atoms with Gasteiger partial charge in [-0.25, -0.2) is 13.1 Å². The van der Waals surface area contributed by atoms with E-state index in [9.17, 15) is 13.2 Å². The van der Waals surface area contributed by atoms with E-state index in [1.54, 1.807) is 25.1 Å².